The summed E-state index contributed by atoms with van der Waals surface area (Å²) in [7, 11) is 0. The zero-order chi connectivity index (χ0) is 15.6. The average Bonchev–Trinajstić information content (AvgIpc) is 2.43. The molecule has 0 saturated heterocycles. The maximum Gasteiger partial charge on any atom is 0.332 e. The largest absolute Gasteiger partial charge is 0.340 e. The van der Waals surface area contributed by atoms with E-state index in [0.29, 0.717) is 5.56 Å². The smallest absolute Gasteiger partial charge is 0.332 e. The monoisotopic (exact) mass is 286 g/mol. The standard InChI is InChI=1S/C15H14N2O4/c1-10-3-4-11(2)12(7-10)15(19)9-16-6-5-14(18)13(8-16)17(20)21/h3-8H,9H2,1-2H3. The molecule has 0 atom stereocenters. The first-order valence-electron chi connectivity index (χ1n) is 6.33. The molecule has 0 aliphatic heterocycles. The lowest BCUT2D eigenvalue weighted by molar-refractivity contribution is -0.386. The molecule has 0 amide bonds. The first kappa shape index (κ1) is 14.6. The minimum atomic E-state index is -0.749. The van der Waals surface area contributed by atoms with Gasteiger partial charge in [-0.25, -0.2) is 0 Å². The van der Waals surface area contributed by atoms with E-state index in [2.05, 4.69) is 0 Å². The van der Waals surface area contributed by atoms with Crippen LogP contribution in [0.15, 0.2) is 41.5 Å². The molecule has 1 aromatic carbocycles. The minimum absolute atomic E-state index is 0.0502. The van der Waals surface area contributed by atoms with Gasteiger partial charge >= 0.3 is 5.69 Å². The van der Waals surface area contributed by atoms with Crippen molar-refractivity contribution in [2.75, 3.05) is 0 Å². The van der Waals surface area contributed by atoms with Gasteiger partial charge in [-0.15, -0.1) is 0 Å². The Morgan fingerprint density at radius 2 is 2.00 bits per heavy atom. The third-order valence-electron chi connectivity index (χ3n) is 3.17. The van der Waals surface area contributed by atoms with Crippen LogP contribution in [0, 0.1) is 24.0 Å². The Labute approximate surface area is 120 Å². The Hall–Kier alpha value is -2.76. The third kappa shape index (κ3) is 3.22. The molecule has 2 aromatic rings. The number of hydrogen-bond donors (Lipinski definition) is 0. The molecule has 0 fully saturated rings. The number of benzene rings is 1. The molecule has 6 nitrogen and oxygen atoms in total. The average molecular weight is 286 g/mol. The van der Waals surface area contributed by atoms with E-state index in [1.165, 1.54) is 10.8 Å². The van der Waals surface area contributed by atoms with Gasteiger partial charge in [0.25, 0.3) is 5.43 Å². The van der Waals surface area contributed by atoms with Crippen molar-refractivity contribution in [2.24, 2.45) is 0 Å². The third-order valence-corrected chi connectivity index (χ3v) is 3.17. The molecule has 0 bridgehead atoms. The second kappa shape index (κ2) is 5.70. The molecule has 0 saturated carbocycles. The van der Waals surface area contributed by atoms with Gasteiger partial charge in [0, 0.05) is 17.8 Å². The summed E-state index contributed by atoms with van der Waals surface area (Å²) < 4.78 is 1.35. The van der Waals surface area contributed by atoms with E-state index >= 15 is 0 Å². The molecule has 0 aliphatic carbocycles. The molecule has 6 heteroatoms. The van der Waals surface area contributed by atoms with Crippen LogP contribution in [0.1, 0.15) is 21.5 Å². The lowest BCUT2D eigenvalue weighted by atomic mass is 10.0. The number of rotatable bonds is 4. The predicted molar refractivity (Wildman–Crippen MR) is 77.6 cm³/mol. The number of nitro groups is 1. The molecule has 0 radical (unpaired) electrons. The molecule has 0 aliphatic rings. The second-order valence-electron chi connectivity index (χ2n) is 4.87. The van der Waals surface area contributed by atoms with Gasteiger partial charge in [-0.2, -0.15) is 0 Å². The van der Waals surface area contributed by atoms with Crippen molar-refractivity contribution in [1.29, 1.82) is 0 Å². The van der Waals surface area contributed by atoms with Crippen molar-refractivity contribution >= 4 is 11.5 Å². The number of carbonyl (C=O) groups excluding carboxylic acids is 1. The van der Waals surface area contributed by atoms with Gasteiger partial charge in [0.1, 0.15) is 0 Å². The molecule has 0 spiro atoms. The predicted octanol–water partition coefficient (Wildman–Crippen LogP) is 2.26. The summed E-state index contributed by atoms with van der Waals surface area (Å²) in [6.45, 7) is 3.67. The maximum absolute atomic E-state index is 12.3. The highest BCUT2D eigenvalue weighted by atomic mass is 16.6. The fourth-order valence-electron chi connectivity index (χ4n) is 2.04. The normalized spacial score (nSPS) is 10.4. The van der Waals surface area contributed by atoms with E-state index < -0.39 is 16.0 Å². The number of ketones is 1. The lowest BCUT2D eigenvalue weighted by Gasteiger charge is -2.08. The summed E-state index contributed by atoms with van der Waals surface area (Å²) in [4.78, 5) is 33.6. The minimum Gasteiger partial charge on any atom is -0.340 e. The molecule has 2 rings (SSSR count). The number of aromatic nitrogens is 1. The Morgan fingerprint density at radius 3 is 2.67 bits per heavy atom. The Bertz CT molecular complexity index is 777. The highest BCUT2D eigenvalue weighted by molar-refractivity contribution is 5.97. The Morgan fingerprint density at radius 1 is 1.29 bits per heavy atom. The summed E-state index contributed by atoms with van der Waals surface area (Å²) in [5, 5.41) is 10.7. The summed E-state index contributed by atoms with van der Waals surface area (Å²) in [6.07, 6.45) is 2.46. The summed E-state index contributed by atoms with van der Waals surface area (Å²) in [5.74, 6) is -0.158. The fraction of sp³-hybridized carbons (Fsp3) is 0.200. The maximum atomic E-state index is 12.3. The molecule has 0 N–H and O–H groups in total. The van der Waals surface area contributed by atoms with E-state index in [4.69, 9.17) is 0 Å². The van der Waals surface area contributed by atoms with E-state index in [1.54, 1.807) is 6.07 Å². The van der Waals surface area contributed by atoms with Gasteiger partial charge in [0.2, 0.25) is 0 Å². The summed E-state index contributed by atoms with van der Waals surface area (Å²) in [6, 6.07) is 6.65. The van der Waals surface area contributed by atoms with Crippen molar-refractivity contribution < 1.29 is 9.72 Å². The summed E-state index contributed by atoms with van der Waals surface area (Å²) >= 11 is 0. The van der Waals surface area contributed by atoms with Crippen LogP contribution in [-0.4, -0.2) is 15.3 Å². The van der Waals surface area contributed by atoms with Crippen LogP contribution >= 0.6 is 0 Å². The van der Waals surface area contributed by atoms with Crippen LogP contribution in [0.4, 0.5) is 5.69 Å². The highest BCUT2D eigenvalue weighted by Gasteiger charge is 2.14. The number of pyridine rings is 1. The van der Waals surface area contributed by atoms with E-state index in [1.807, 2.05) is 26.0 Å². The molecule has 1 aromatic heterocycles. The van der Waals surface area contributed by atoms with Gasteiger partial charge in [-0.05, 0) is 25.5 Å². The zero-order valence-electron chi connectivity index (χ0n) is 11.7. The number of nitrogens with zero attached hydrogens (tertiary/aromatic N) is 2. The molecular formula is C15H14N2O4. The van der Waals surface area contributed by atoms with Crippen LogP contribution in [-0.2, 0) is 6.54 Å². The first-order chi connectivity index (χ1) is 9.88. The Kier molecular flexibility index (Phi) is 3.98. The molecule has 21 heavy (non-hydrogen) atoms. The van der Waals surface area contributed by atoms with E-state index in [9.17, 15) is 19.7 Å². The van der Waals surface area contributed by atoms with Crippen molar-refractivity contribution in [2.45, 2.75) is 20.4 Å². The van der Waals surface area contributed by atoms with Crippen LogP contribution in [0.3, 0.4) is 0 Å². The zero-order valence-corrected chi connectivity index (χ0v) is 11.7. The molecule has 108 valence electrons. The van der Waals surface area contributed by atoms with E-state index in [-0.39, 0.29) is 12.3 Å². The van der Waals surface area contributed by atoms with Crippen LogP contribution in [0.5, 0.6) is 0 Å². The quantitative estimate of drug-likeness (QED) is 0.490. The van der Waals surface area contributed by atoms with Crippen LogP contribution < -0.4 is 5.43 Å². The molecule has 1 heterocycles. The number of aryl methyl sites for hydroxylation is 2. The number of hydrogen-bond acceptors (Lipinski definition) is 4. The number of carbonyl (C=O) groups is 1. The van der Waals surface area contributed by atoms with Gasteiger partial charge in [0.15, 0.2) is 5.78 Å². The van der Waals surface area contributed by atoms with E-state index in [0.717, 1.165) is 23.4 Å². The molecular weight excluding hydrogens is 272 g/mol. The Balaban J connectivity index is 2.32. The van der Waals surface area contributed by atoms with Crippen molar-refractivity contribution in [3.8, 4) is 0 Å². The first-order valence-corrected chi connectivity index (χ1v) is 6.33. The number of Topliss-reactive ketones (excluding diaryl/α,β-unsaturated/α-hetero) is 1. The lowest BCUT2D eigenvalue weighted by Crippen LogP contribution is -2.16. The second-order valence-corrected chi connectivity index (χ2v) is 4.87. The van der Waals surface area contributed by atoms with Crippen molar-refractivity contribution in [3.05, 3.63) is 73.7 Å². The SMILES string of the molecule is Cc1ccc(C)c(C(=O)Cn2ccc(=O)c([N+](=O)[O-])c2)c1. The van der Waals surface area contributed by atoms with Crippen LogP contribution in [0.25, 0.3) is 0 Å². The fourth-order valence-corrected chi connectivity index (χ4v) is 2.04. The molecule has 0 unspecified atom stereocenters. The van der Waals surface area contributed by atoms with Gasteiger partial charge in [-0.3, -0.25) is 19.7 Å². The van der Waals surface area contributed by atoms with Crippen LogP contribution in [0.2, 0.25) is 0 Å². The van der Waals surface area contributed by atoms with Crippen molar-refractivity contribution in [3.63, 3.8) is 0 Å². The van der Waals surface area contributed by atoms with Gasteiger partial charge in [-0.1, -0.05) is 17.7 Å². The van der Waals surface area contributed by atoms with Crippen molar-refractivity contribution in [1.82, 2.24) is 4.57 Å². The topological polar surface area (TPSA) is 82.2 Å². The highest BCUT2D eigenvalue weighted by Crippen LogP contribution is 2.13. The van der Waals surface area contributed by atoms with Gasteiger partial charge < -0.3 is 4.57 Å². The summed E-state index contributed by atoms with van der Waals surface area (Å²) in [5.41, 5.74) is 1.19. The van der Waals surface area contributed by atoms with Gasteiger partial charge in [0.05, 0.1) is 17.7 Å².